The van der Waals surface area contributed by atoms with Crippen LogP contribution < -0.4 is 5.73 Å². The Morgan fingerprint density at radius 2 is 1.68 bits per heavy atom. The summed E-state index contributed by atoms with van der Waals surface area (Å²) in [6.07, 6.45) is 0. The number of hydrogen-bond donors (Lipinski definition) is 3. The normalized spacial score (nSPS) is 9.68. The molecule has 0 saturated heterocycles. The van der Waals surface area contributed by atoms with Crippen molar-refractivity contribution >= 4 is 41.5 Å². The number of nitrogens with two attached hydrogens (primary N) is 1. The molecule has 0 atom stereocenters. The molecule has 0 aliphatic carbocycles. The number of anilines is 1. The fraction of sp³-hybridized carbons (Fsp3) is 0. The Hall–Kier alpha value is -1.91. The smallest absolute Gasteiger partial charge is 0.138 e. The number of rotatable bonds is 1. The lowest BCUT2D eigenvalue weighted by Crippen LogP contribution is -1.82. The highest BCUT2D eigenvalue weighted by Gasteiger charge is 2.05. The van der Waals surface area contributed by atoms with E-state index in [1.165, 1.54) is 0 Å². The molecule has 3 aromatic rings. The summed E-state index contributed by atoms with van der Waals surface area (Å²) >= 11 is 0. The molecule has 0 radical (unpaired) electrons. The van der Waals surface area contributed by atoms with E-state index in [0.29, 0.717) is 5.69 Å². The number of aromatic amines is 1. The van der Waals surface area contributed by atoms with Crippen molar-refractivity contribution in [2.45, 2.75) is 0 Å². The number of aromatic hydroxyl groups is 1. The predicted octanol–water partition coefficient (Wildman–Crippen LogP) is 3.36. The highest BCUT2D eigenvalue weighted by Crippen LogP contribution is 2.23. The van der Waals surface area contributed by atoms with Crippen LogP contribution in [0.3, 0.4) is 0 Å². The average molecular weight is 298 g/mol. The van der Waals surface area contributed by atoms with Gasteiger partial charge in [0, 0.05) is 11.3 Å². The van der Waals surface area contributed by atoms with Gasteiger partial charge in [-0.3, -0.25) is 0 Å². The number of hydrogen-bond acceptors (Lipinski definition) is 3. The third-order valence-corrected chi connectivity index (χ3v) is 2.65. The first-order valence-corrected chi connectivity index (χ1v) is 5.27. The van der Waals surface area contributed by atoms with Gasteiger partial charge in [0.25, 0.3) is 0 Å². The molecule has 6 heteroatoms. The molecule has 4 nitrogen and oxygen atoms in total. The predicted molar refractivity (Wildman–Crippen MR) is 82.1 cm³/mol. The molecular formula is C13H13Cl2N3O. The van der Waals surface area contributed by atoms with Crippen LogP contribution in [0.25, 0.3) is 22.4 Å². The van der Waals surface area contributed by atoms with Gasteiger partial charge < -0.3 is 15.8 Å². The van der Waals surface area contributed by atoms with Crippen LogP contribution >= 0.6 is 24.8 Å². The zero-order valence-electron chi connectivity index (χ0n) is 9.83. The van der Waals surface area contributed by atoms with E-state index >= 15 is 0 Å². The minimum absolute atomic E-state index is 0. The number of imidazole rings is 1. The summed E-state index contributed by atoms with van der Waals surface area (Å²) in [7, 11) is 0. The number of phenols is 1. The van der Waals surface area contributed by atoms with Crippen LogP contribution in [0, 0.1) is 0 Å². The van der Waals surface area contributed by atoms with E-state index in [-0.39, 0.29) is 30.6 Å². The van der Waals surface area contributed by atoms with Crippen molar-refractivity contribution in [3.05, 3.63) is 42.5 Å². The number of fused-ring (bicyclic) bond motifs is 1. The summed E-state index contributed by atoms with van der Waals surface area (Å²) in [5.74, 6) is 1.01. The van der Waals surface area contributed by atoms with Crippen molar-refractivity contribution < 1.29 is 5.11 Å². The van der Waals surface area contributed by atoms with Gasteiger partial charge in [-0.1, -0.05) is 0 Å². The Morgan fingerprint density at radius 3 is 2.37 bits per heavy atom. The first-order valence-electron chi connectivity index (χ1n) is 5.27. The molecule has 0 unspecified atom stereocenters. The van der Waals surface area contributed by atoms with Crippen LogP contribution in [-0.2, 0) is 0 Å². The lowest BCUT2D eigenvalue weighted by Gasteiger charge is -1.95. The molecule has 0 bridgehead atoms. The minimum Gasteiger partial charge on any atom is -0.508 e. The van der Waals surface area contributed by atoms with E-state index in [1.54, 1.807) is 12.1 Å². The van der Waals surface area contributed by atoms with Gasteiger partial charge in [-0.2, -0.15) is 0 Å². The summed E-state index contributed by atoms with van der Waals surface area (Å²) in [6.45, 7) is 0. The van der Waals surface area contributed by atoms with Gasteiger partial charge in [0.15, 0.2) is 0 Å². The van der Waals surface area contributed by atoms with Crippen LogP contribution in [0.15, 0.2) is 42.5 Å². The maximum absolute atomic E-state index is 9.23. The molecule has 0 saturated carbocycles. The van der Waals surface area contributed by atoms with Crippen molar-refractivity contribution in [2.24, 2.45) is 0 Å². The van der Waals surface area contributed by atoms with Crippen LogP contribution in [0.5, 0.6) is 5.75 Å². The van der Waals surface area contributed by atoms with Gasteiger partial charge in [-0.05, 0) is 42.5 Å². The molecule has 4 N–H and O–H groups in total. The second-order valence-corrected chi connectivity index (χ2v) is 3.91. The number of nitrogens with zero attached hydrogens (tertiary/aromatic N) is 1. The first kappa shape index (κ1) is 15.1. The number of aromatic nitrogens is 2. The molecule has 1 aromatic heterocycles. The third-order valence-electron chi connectivity index (χ3n) is 2.65. The highest BCUT2D eigenvalue weighted by molar-refractivity contribution is 5.85. The highest BCUT2D eigenvalue weighted by atomic mass is 35.5. The maximum atomic E-state index is 9.23. The SMILES string of the molecule is Cl.Cl.Nc1ccc2nc(-c3ccc(O)cc3)[nH]c2c1. The van der Waals surface area contributed by atoms with E-state index < -0.39 is 0 Å². The summed E-state index contributed by atoms with van der Waals surface area (Å²) in [5, 5.41) is 9.23. The zero-order valence-corrected chi connectivity index (χ0v) is 11.5. The molecule has 0 fully saturated rings. The quantitative estimate of drug-likeness (QED) is 0.603. The van der Waals surface area contributed by atoms with Gasteiger partial charge in [0.1, 0.15) is 11.6 Å². The maximum Gasteiger partial charge on any atom is 0.138 e. The molecule has 2 aromatic carbocycles. The molecule has 0 aliphatic rings. The monoisotopic (exact) mass is 297 g/mol. The number of nitrogens with one attached hydrogen (secondary N) is 1. The van der Waals surface area contributed by atoms with Crippen LogP contribution in [0.2, 0.25) is 0 Å². The molecular weight excluding hydrogens is 285 g/mol. The van der Waals surface area contributed by atoms with Crippen LogP contribution in [-0.4, -0.2) is 15.1 Å². The Labute approximate surface area is 122 Å². The minimum atomic E-state index is 0. The molecule has 0 amide bonds. The molecule has 0 spiro atoms. The van der Waals surface area contributed by atoms with Crippen molar-refractivity contribution in [2.75, 3.05) is 5.73 Å². The number of benzene rings is 2. The number of nitrogen functional groups attached to an aromatic ring is 1. The van der Waals surface area contributed by atoms with E-state index in [9.17, 15) is 5.11 Å². The Bertz CT molecular complexity index is 680. The third kappa shape index (κ3) is 2.92. The van der Waals surface area contributed by atoms with E-state index in [2.05, 4.69) is 9.97 Å². The summed E-state index contributed by atoms with van der Waals surface area (Å²) in [5.41, 5.74) is 9.13. The lowest BCUT2D eigenvalue weighted by molar-refractivity contribution is 0.475. The second kappa shape index (κ2) is 5.82. The van der Waals surface area contributed by atoms with E-state index in [0.717, 1.165) is 22.4 Å². The molecule has 19 heavy (non-hydrogen) atoms. The number of halogens is 2. The Kier molecular flexibility index (Phi) is 4.64. The summed E-state index contributed by atoms with van der Waals surface area (Å²) in [6, 6.07) is 12.5. The molecule has 100 valence electrons. The lowest BCUT2D eigenvalue weighted by atomic mass is 10.2. The Morgan fingerprint density at radius 1 is 1.00 bits per heavy atom. The topological polar surface area (TPSA) is 74.9 Å². The van der Waals surface area contributed by atoms with Gasteiger partial charge in [0.05, 0.1) is 11.0 Å². The summed E-state index contributed by atoms with van der Waals surface area (Å²) < 4.78 is 0. The fourth-order valence-corrected chi connectivity index (χ4v) is 1.78. The van der Waals surface area contributed by atoms with E-state index in [1.807, 2.05) is 30.3 Å². The van der Waals surface area contributed by atoms with Crippen molar-refractivity contribution in [3.63, 3.8) is 0 Å². The number of phenolic OH excluding ortho intramolecular Hbond substituents is 1. The molecule has 0 aliphatic heterocycles. The van der Waals surface area contributed by atoms with Gasteiger partial charge >= 0.3 is 0 Å². The zero-order chi connectivity index (χ0) is 11.8. The van der Waals surface area contributed by atoms with Crippen molar-refractivity contribution in [1.29, 1.82) is 0 Å². The van der Waals surface area contributed by atoms with Crippen LogP contribution in [0.4, 0.5) is 5.69 Å². The number of H-pyrrole nitrogens is 1. The van der Waals surface area contributed by atoms with Crippen molar-refractivity contribution in [3.8, 4) is 17.1 Å². The largest absolute Gasteiger partial charge is 0.508 e. The summed E-state index contributed by atoms with van der Waals surface area (Å²) in [4.78, 5) is 7.66. The molecule has 3 rings (SSSR count). The second-order valence-electron chi connectivity index (χ2n) is 3.91. The fourth-order valence-electron chi connectivity index (χ4n) is 1.78. The van der Waals surface area contributed by atoms with Gasteiger partial charge in [-0.15, -0.1) is 24.8 Å². The Balaban J connectivity index is 0.000000902. The van der Waals surface area contributed by atoms with Crippen molar-refractivity contribution in [1.82, 2.24) is 9.97 Å². The van der Waals surface area contributed by atoms with E-state index in [4.69, 9.17) is 5.73 Å². The average Bonchev–Trinajstić information content (AvgIpc) is 2.72. The van der Waals surface area contributed by atoms with Crippen LogP contribution in [0.1, 0.15) is 0 Å². The standard InChI is InChI=1S/C13H11N3O.2ClH/c14-9-3-6-11-12(7-9)16-13(15-11)8-1-4-10(17)5-2-8;;/h1-7,17H,14H2,(H,15,16);2*1H. The van der Waals surface area contributed by atoms with Gasteiger partial charge in [-0.25, -0.2) is 4.98 Å². The molecule has 1 heterocycles. The van der Waals surface area contributed by atoms with Gasteiger partial charge in [0.2, 0.25) is 0 Å². The first-order chi connectivity index (χ1) is 8.22.